The zero-order chi connectivity index (χ0) is 8.27. The summed E-state index contributed by atoms with van der Waals surface area (Å²) in [6.45, 7) is 0. The van der Waals surface area contributed by atoms with Crippen LogP contribution in [0.25, 0.3) is 0 Å². The topological polar surface area (TPSA) is 9.23 Å². The minimum Gasteiger partial charge on any atom is -0.497 e. The molecule has 1 atom stereocenters. The van der Waals surface area contributed by atoms with Gasteiger partial charge in [0.1, 0.15) is 5.75 Å². The molecule has 1 nitrogen and oxygen atoms in total. The summed E-state index contributed by atoms with van der Waals surface area (Å²) < 4.78 is 17.5. The van der Waals surface area contributed by atoms with Gasteiger partial charge in [0, 0.05) is 0 Å². The van der Waals surface area contributed by atoms with Gasteiger partial charge in [-0.05, 0) is 33.6 Å². The molecular weight excluding hydrogens is 211 g/mol. The Labute approximate surface area is 73.3 Å². The summed E-state index contributed by atoms with van der Waals surface area (Å²) in [4.78, 5) is 0. The number of hydrogen-bond donors (Lipinski definition) is 0. The SMILES string of the molecule is COc1ccc(C(F)Br)cc1. The van der Waals surface area contributed by atoms with Gasteiger partial charge >= 0.3 is 0 Å². The Kier molecular flexibility index (Phi) is 2.88. The summed E-state index contributed by atoms with van der Waals surface area (Å²) in [5.41, 5.74) is 0.603. The monoisotopic (exact) mass is 218 g/mol. The van der Waals surface area contributed by atoms with Crippen LogP contribution in [0.4, 0.5) is 4.39 Å². The maximum Gasteiger partial charge on any atom is 0.180 e. The van der Waals surface area contributed by atoms with Crippen molar-refractivity contribution in [3.8, 4) is 5.75 Å². The highest BCUT2D eigenvalue weighted by Gasteiger charge is 2.02. The molecule has 0 saturated heterocycles. The molecule has 0 aromatic heterocycles. The number of benzene rings is 1. The minimum atomic E-state index is -1.09. The van der Waals surface area contributed by atoms with E-state index < -0.39 is 5.08 Å². The van der Waals surface area contributed by atoms with Gasteiger partial charge in [0.2, 0.25) is 0 Å². The van der Waals surface area contributed by atoms with Crippen LogP contribution in [0.3, 0.4) is 0 Å². The van der Waals surface area contributed by atoms with Gasteiger partial charge in [-0.3, -0.25) is 0 Å². The molecule has 0 radical (unpaired) electrons. The first-order valence-electron chi connectivity index (χ1n) is 3.16. The van der Waals surface area contributed by atoms with E-state index in [4.69, 9.17) is 4.74 Å². The Morgan fingerprint density at radius 3 is 2.27 bits per heavy atom. The standard InChI is InChI=1S/C8H8BrFO/c1-11-7-4-2-6(3-5-7)8(9)10/h2-5,8H,1H3. The van der Waals surface area contributed by atoms with E-state index in [-0.39, 0.29) is 0 Å². The molecule has 0 amide bonds. The van der Waals surface area contributed by atoms with Gasteiger partial charge in [0.05, 0.1) is 7.11 Å². The molecular formula is C8H8BrFO. The molecule has 0 saturated carbocycles. The summed E-state index contributed by atoms with van der Waals surface area (Å²) in [7, 11) is 1.58. The van der Waals surface area contributed by atoms with E-state index in [1.54, 1.807) is 31.4 Å². The molecule has 0 bridgehead atoms. The largest absolute Gasteiger partial charge is 0.497 e. The molecule has 1 aromatic carbocycles. The van der Waals surface area contributed by atoms with Crippen molar-refractivity contribution >= 4 is 15.9 Å². The lowest BCUT2D eigenvalue weighted by molar-refractivity contribution is 0.414. The summed E-state index contributed by atoms with van der Waals surface area (Å²) in [5, 5.41) is -1.09. The fraction of sp³-hybridized carbons (Fsp3) is 0.250. The van der Waals surface area contributed by atoms with E-state index in [9.17, 15) is 4.39 Å². The highest BCUT2D eigenvalue weighted by atomic mass is 79.9. The summed E-state index contributed by atoms with van der Waals surface area (Å²) >= 11 is 2.82. The summed E-state index contributed by atoms with van der Waals surface area (Å²) in [6.07, 6.45) is 0. The number of alkyl halides is 2. The highest BCUT2D eigenvalue weighted by Crippen LogP contribution is 2.25. The predicted octanol–water partition coefficient (Wildman–Crippen LogP) is 3.06. The van der Waals surface area contributed by atoms with Crippen molar-refractivity contribution in [1.82, 2.24) is 0 Å². The van der Waals surface area contributed by atoms with Crippen molar-refractivity contribution < 1.29 is 9.13 Å². The van der Waals surface area contributed by atoms with Crippen LogP contribution in [0, 0.1) is 0 Å². The van der Waals surface area contributed by atoms with Gasteiger partial charge < -0.3 is 4.74 Å². The fourth-order valence-corrected chi connectivity index (χ4v) is 1.05. The maximum absolute atomic E-state index is 12.5. The van der Waals surface area contributed by atoms with Crippen molar-refractivity contribution in [3.05, 3.63) is 29.8 Å². The van der Waals surface area contributed by atoms with Crippen LogP contribution in [0.1, 0.15) is 10.6 Å². The van der Waals surface area contributed by atoms with E-state index in [0.717, 1.165) is 5.75 Å². The molecule has 3 heteroatoms. The van der Waals surface area contributed by atoms with Gasteiger partial charge in [0.15, 0.2) is 5.08 Å². The van der Waals surface area contributed by atoms with Crippen LogP contribution < -0.4 is 4.74 Å². The second-order valence-corrected chi connectivity index (χ2v) is 2.88. The highest BCUT2D eigenvalue weighted by molar-refractivity contribution is 9.09. The minimum absolute atomic E-state index is 0.603. The molecule has 0 spiro atoms. The smallest absolute Gasteiger partial charge is 0.180 e. The van der Waals surface area contributed by atoms with Gasteiger partial charge in [-0.25, -0.2) is 4.39 Å². The van der Waals surface area contributed by atoms with E-state index >= 15 is 0 Å². The average molecular weight is 219 g/mol. The first-order valence-corrected chi connectivity index (χ1v) is 4.07. The Hall–Kier alpha value is -0.570. The molecule has 0 aliphatic carbocycles. The molecule has 1 rings (SSSR count). The van der Waals surface area contributed by atoms with Crippen LogP contribution in [0.2, 0.25) is 0 Å². The molecule has 0 N–H and O–H groups in total. The molecule has 0 heterocycles. The Morgan fingerprint density at radius 2 is 1.91 bits per heavy atom. The first kappa shape index (κ1) is 8.53. The van der Waals surface area contributed by atoms with Crippen molar-refractivity contribution in [2.75, 3.05) is 7.11 Å². The lowest BCUT2D eigenvalue weighted by Crippen LogP contribution is -1.84. The van der Waals surface area contributed by atoms with Gasteiger partial charge in [-0.15, -0.1) is 0 Å². The van der Waals surface area contributed by atoms with Crippen molar-refractivity contribution in [2.45, 2.75) is 5.08 Å². The first-order chi connectivity index (χ1) is 5.24. The third-order valence-corrected chi connectivity index (χ3v) is 1.90. The van der Waals surface area contributed by atoms with E-state index in [2.05, 4.69) is 15.9 Å². The Balaban J connectivity index is 2.83. The number of halogens is 2. The average Bonchev–Trinajstić information content (AvgIpc) is 2.05. The third-order valence-electron chi connectivity index (χ3n) is 1.37. The summed E-state index contributed by atoms with van der Waals surface area (Å²) in [6, 6.07) is 6.81. The molecule has 60 valence electrons. The normalized spacial score (nSPS) is 12.6. The van der Waals surface area contributed by atoms with Crippen molar-refractivity contribution in [1.29, 1.82) is 0 Å². The Bertz CT molecular complexity index is 220. The Morgan fingerprint density at radius 1 is 1.36 bits per heavy atom. The summed E-state index contributed by atoms with van der Waals surface area (Å²) in [5.74, 6) is 0.738. The van der Waals surface area contributed by atoms with Crippen molar-refractivity contribution in [3.63, 3.8) is 0 Å². The maximum atomic E-state index is 12.5. The number of rotatable bonds is 2. The van der Waals surface area contributed by atoms with Crippen LogP contribution >= 0.6 is 15.9 Å². The fourth-order valence-electron chi connectivity index (χ4n) is 0.749. The van der Waals surface area contributed by atoms with Gasteiger partial charge in [-0.2, -0.15) is 0 Å². The predicted molar refractivity (Wildman–Crippen MR) is 45.8 cm³/mol. The van der Waals surface area contributed by atoms with Crippen molar-refractivity contribution in [2.24, 2.45) is 0 Å². The quantitative estimate of drug-likeness (QED) is 0.694. The number of hydrogen-bond acceptors (Lipinski definition) is 1. The second kappa shape index (κ2) is 3.72. The van der Waals surface area contributed by atoms with Gasteiger partial charge in [0.25, 0.3) is 0 Å². The molecule has 0 aliphatic heterocycles. The van der Waals surface area contributed by atoms with Crippen LogP contribution in [-0.2, 0) is 0 Å². The zero-order valence-corrected chi connectivity index (χ0v) is 7.64. The molecule has 1 aromatic rings. The van der Waals surface area contributed by atoms with E-state index in [0.29, 0.717) is 5.56 Å². The van der Waals surface area contributed by atoms with E-state index in [1.807, 2.05) is 0 Å². The zero-order valence-electron chi connectivity index (χ0n) is 6.05. The number of methoxy groups -OCH3 is 1. The lowest BCUT2D eigenvalue weighted by Gasteiger charge is -2.01. The van der Waals surface area contributed by atoms with E-state index in [1.165, 1.54) is 0 Å². The van der Waals surface area contributed by atoms with Crippen LogP contribution in [0.15, 0.2) is 24.3 Å². The van der Waals surface area contributed by atoms with Crippen LogP contribution in [-0.4, -0.2) is 7.11 Å². The van der Waals surface area contributed by atoms with Gasteiger partial charge in [-0.1, -0.05) is 12.1 Å². The van der Waals surface area contributed by atoms with Crippen LogP contribution in [0.5, 0.6) is 5.75 Å². The third kappa shape index (κ3) is 2.19. The molecule has 0 aliphatic rings. The molecule has 0 fully saturated rings. The number of ether oxygens (including phenoxy) is 1. The molecule has 11 heavy (non-hydrogen) atoms. The second-order valence-electron chi connectivity index (χ2n) is 2.07. The molecule has 1 unspecified atom stereocenters. The lowest BCUT2D eigenvalue weighted by atomic mass is 10.2.